The average molecular weight is 547 g/mol. The van der Waals surface area contributed by atoms with Crippen molar-refractivity contribution in [2.24, 2.45) is 29.4 Å². The van der Waals surface area contributed by atoms with Crippen molar-refractivity contribution in [3.05, 3.63) is 23.0 Å². The van der Waals surface area contributed by atoms with Crippen LogP contribution in [0.3, 0.4) is 0 Å². The van der Waals surface area contributed by atoms with Crippen molar-refractivity contribution in [1.82, 2.24) is 9.80 Å². The molecule has 4 rings (SSSR count). The molecule has 0 aromatic heterocycles. The van der Waals surface area contributed by atoms with Crippen LogP contribution in [-0.2, 0) is 30.4 Å². The largest absolute Gasteiger partial charge is 0.505 e. The smallest absolute Gasteiger partial charge is 0.238 e. The number of phenolic OH excluding ortho intramolecular Hbond substituents is 1. The highest BCUT2D eigenvalue weighted by Crippen LogP contribution is 2.51. The number of carbonyl (C=O) groups is 6. The lowest BCUT2D eigenvalue weighted by atomic mass is 9.52. The number of anilines is 1. The summed E-state index contributed by atoms with van der Waals surface area (Å²) in [5, 5.41) is 24.8. The first-order valence-electron chi connectivity index (χ1n) is 12.5. The number of rotatable bonds is 6. The molecule has 210 valence electrons. The molecule has 1 aromatic carbocycles. The van der Waals surface area contributed by atoms with Gasteiger partial charge in [0.1, 0.15) is 11.6 Å². The Morgan fingerprint density at radius 1 is 1.18 bits per heavy atom. The Hall–Kier alpha value is -3.55. The summed E-state index contributed by atoms with van der Waals surface area (Å²) < 4.78 is 15.3. The van der Waals surface area contributed by atoms with Crippen molar-refractivity contribution in [2.45, 2.75) is 31.4 Å². The molecule has 6 atom stereocenters. The molecule has 12 nitrogen and oxygen atoms in total. The summed E-state index contributed by atoms with van der Waals surface area (Å²) in [6, 6.07) is -0.357. The van der Waals surface area contributed by atoms with Gasteiger partial charge >= 0.3 is 0 Å². The number of hydrogen-bond donors (Lipinski definition) is 4. The number of ketones is 4. The highest BCUT2D eigenvalue weighted by Gasteiger charge is 2.69. The van der Waals surface area contributed by atoms with Crippen molar-refractivity contribution >= 4 is 40.6 Å². The molecule has 0 saturated heterocycles. The second-order valence-corrected chi connectivity index (χ2v) is 10.8. The molecule has 3 aliphatic carbocycles. The van der Waals surface area contributed by atoms with Crippen LogP contribution in [0.25, 0.3) is 0 Å². The van der Waals surface area contributed by atoms with Crippen molar-refractivity contribution in [2.75, 3.05) is 39.5 Å². The van der Waals surface area contributed by atoms with Gasteiger partial charge in [-0.2, -0.15) is 0 Å². The van der Waals surface area contributed by atoms with Gasteiger partial charge < -0.3 is 21.3 Å². The summed E-state index contributed by atoms with van der Waals surface area (Å²) in [7, 11) is 4.62. The molecule has 13 heteroatoms. The van der Waals surface area contributed by atoms with Crippen LogP contribution in [0.1, 0.15) is 29.3 Å². The SMILES string of the molecule is CCN(C)CC(=O)Nc1cc(F)c2c(c1O)C(=O)C1C(=O)[C@]3(O)C(=O)C(C(N)=O)C(=O)[C@@H](N(C)C)[C@@H]3C[C@@H]1C2. The van der Waals surface area contributed by atoms with E-state index in [0.717, 1.165) is 6.07 Å². The number of likely N-dealkylation sites (N-methyl/N-ethyl adjacent to an activating group) is 2. The number of primary amides is 1. The summed E-state index contributed by atoms with van der Waals surface area (Å²) in [5.41, 5.74) is 1.35. The van der Waals surface area contributed by atoms with Gasteiger partial charge in [0.05, 0.1) is 29.8 Å². The van der Waals surface area contributed by atoms with E-state index in [1.807, 2.05) is 6.92 Å². The molecule has 0 radical (unpaired) electrons. The first-order chi connectivity index (χ1) is 18.2. The second-order valence-electron chi connectivity index (χ2n) is 10.8. The topological polar surface area (TPSA) is 187 Å². The molecular weight excluding hydrogens is 515 g/mol. The lowest BCUT2D eigenvalue weighted by Crippen LogP contribution is -2.74. The van der Waals surface area contributed by atoms with E-state index < -0.39 is 87.4 Å². The second kappa shape index (κ2) is 9.88. The maximum absolute atomic E-state index is 15.3. The quantitative estimate of drug-likeness (QED) is 0.252. The summed E-state index contributed by atoms with van der Waals surface area (Å²) in [6.45, 7) is 2.29. The van der Waals surface area contributed by atoms with Crippen LogP contribution in [0.15, 0.2) is 6.07 Å². The lowest BCUT2D eigenvalue weighted by molar-refractivity contribution is -0.181. The summed E-state index contributed by atoms with van der Waals surface area (Å²) in [6.07, 6.45) is -0.399. The summed E-state index contributed by atoms with van der Waals surface area (Å²) in [4.78, 5) is 81.2. The highest BCUT2D eigenvalue weighted by atomic mass is 19.1. The molecule has 3 aliphatic rings. The minimum Gasteiger partial charge on any atom is -0.505 e. The Labute approximate surface area is 223 Å². The number of fused-ring (bicyclic) bond motifs is 3. The number of phenols is 1. The first-order valence-corrected chi connectivity index (χ1v) is 12.5. The standard InChI is InChI=1S/C26H31FN4O8/c1-5-31(4)9-15(32)29-14-8-13(27)11-6-10-7-12-19(30(2)3)22(35)18(25(28)38)24(37)26(12,39)23(36)16(10)21(34)17(11)20(14)33/h8,10,12,16,18-19,33,39H,5-7,9H2,1-4H3,(H2,28,38)(H,29,32)/t10-,12-,16?,18?,19-,26-/m0/s1. The molecular formula is C26H31FN4O8. The number of amides is 2. The van der Waals surface area contributed by atoms with E-state index in [4.69, 9.17) is 5.73 Å². The van der Waals surface area contributed by atoms with Crippen LogP contribution in [0, 0.1) is 29.5 Å². The zero-order valence-electron chi connectivity index (χ0n) is 22.0. The Bertz CT molecular complexity index is 1310. The van der Waals surface area contributed by atoms with Crippen molar-refractivity contribution < 1.29 is 43.4 Å². The molecule has 0 bridgehead atoms. The monoisotopic (exact) mass is 546 g/mol. The van der Waals surface area contributed by atoms with E-state index in [2.05, 4.69) is 5.32 Å². The van der Waals surface area contributed by atoms with Crippen LogP contribution in [0.2, 0.25) is 0 Å². The number of nitrogens with one attached hydrogen (secondary N) is 1. The molecule has 39 heavy (non-hydrogen) atoms. The Balaban J connectivity index is 1.78. The fourth-order valence-corrected chi connectivity index (χ4v) is 6.27. The van der Waals surface area contributed by atoms with Gasteiger partial charge in [-0.05, 0) is 46.4 Å². The molecule has 5 N–H and O–H groups in total. The third kappa shape index (κ3) is 4.24. The molecule has 2 fully saturated rings. The van der Waals surface area contributed by atoms with Gasteiger partial charge in [-0.15, -0.1) is 0 Å². The maximum Gasteiger partial charge on any atom is 0.238 e. The summed E-state index contributed by atoms with van der Waals surface area (Å²) >= 11 is 0. The minimum atomic E-state index is -2.87. The van der Waals surface area contributed by atoms with Gasteiger partial charge in [0.15, 0.2) is 34.7 Å². The number of benzene rings is 1. The summed E-state index contributed by atoms with van der Waals surface area (Å²) in [5.74, 6) is -14.0. The van der Waals surface area contributed by atoms with Crippen LogP contribution in [-0.4, -0.2) is 101 Å². The number of hydrogen-bond acceptors (Lipinski definition) is 10. The Kier molecular flexibility index (Phi) is 7.21. The first kappa shape index (κ1) is 28.5. The highest BCUT2D eigenvalue weighted by molar-refractivity contribution is 6.32. The fraction of sp³-hybridized carbons (Fsp3) is 0.538. The van der Waals surface area contributed by atoms with Gasteiger partial charge in [-0.1, -0.05) is 6.92 Å². The molecule has 2 unspecified atom stereocenters. The number of Topliss-reactive ketones (excluding diaryl/α,β-unsaturated/α-hetero) is 4. The van der Waals surface area contributed by atoms with Crippen molar-refractivity contribution in [1.29, 1.82) is 0 Å². The number of carbonyl (C=O) groups excluding carboxylic acids is 6. The Morgan fingerprint density at radius 3 is 2.38 bits per heavy atom. The number of aromatic hydroxyl groups is 1. The number of nitrogens with zero attached hydrogens (tertiary/aromatic N) is 2. The molecule has 0 heterocycles. The predicted molar refractivity (Wildman–Crippen MR) is 133 cm³/mol. The van der Waals surface area contributed by atoms with E-state index in [0.29, 0.717) is 6.54 Å². The van der Waals surface area contributed by atoms with E-state index in [-0.39, 0.29) is 30.6 Å². The van der Waals surface area contributed by atoms with Gasteiger partial charge in [0.25, 0.3) is 0 Å². The van der Waals surface area contributed by atoms with Crippen LogP contribution < -0.4 is 11.1 Å². The van der Waals surface area contributed by atoms with E-state index >= 15 is 4.39 Å². The van der Waals surface area contributed by atoms with E-state index in [1.54, 1.807) is 11.9 Å². The van der Waals surface area contributed by atoms with Gasteiger partial charge in [-0.25, -0.2) is 4.39 Å². The molecule has 0 aliphatic heterocycles. The van der Waals surface area contributed by atoms with Gasteiger partial charge in [0, 0.05) is 17.5 Å². The van der Waals surface area contributed by atoms with Crippen LogP contribution in [0.5, 0.6) is 5.75 Å². The van der Waals surface area contributed by atoms with E-state index in [1.165, 1.54) is 19.0 Å². The van der Waals surface area contributed by atoms with E-state index in [9.17, 15) is 39.0 Å². The zero-order valence-corrected chi connectivity index (χ0v) is 22.0. The molecule has 2 amide bonds. The average Bonchev–Trinajstić information content (AvgIpc) is 2.83. The zero-order chi connectivity index (χ0) is 29.1. The minimum absolute atomic E-state index is 0.0743. The van der Waals surface area contributed by atoms with Gasteiger partial charge in [0.2, 0.25) is 11.8 Å². The van der Waals surface area contributed by atoms with Gasteiger partial charge in [-0.3, -0.25) is 38.6 Å². The fourth-order valence-electron chi connectivity index (χ4n) is 6.27. The Morgan fingerprint density at radius 2 is 1.82 bits per heavy atom. The third-order valence-corrected chi connectivity index (χ3v) is 8.23. The molecule has 2 saturated carbocycles. The van der Waals surface area contributed by atoms with Crippen LogP contribution in [0.4, 0.5) is 10.1 Å². The third-order valence-electron chi connectivity index (χ3n) is 8.23. The van der Waals surface area contributed by atoms with Crippen LogP contribution >= 0.6 is 0 Å². The number of halogens is 1. The van der Waals surface area contributed by atoms with Crippen molar-refractivity contribution in [3.8, 4) is 5.75 Å². The molecule has 1 aromatic rings. The predicted octanol–water partition coefficient (Wildman–Crippen LogP) is -1.10. The maximum atomic E-state index is 15.3. The molecule has 0 spiro atoms. The number of aliphatic hydroxyl groups is 1. The van der Waals surface area contributed by atoms with Crippen molar-refractivity contribution in [3.63, 3.8) is 0 Å². The normalized spacial score (nSPS) is 30.2. The lowest BCUT2D eigenvalue weighted by Gasteiger charge is -2.52. The number of nitrogens with two attached hydrogens (primary N) is 1.